The monoisotopic (exact) mass is 379 g/mol. The number of carbonyl (C=O) groups excluding carboxylic acids is 2. The third-order valence-electron chi connectivity index (χ3n) is 5.19. The number of fused-ring (bicyclic) bond motifs is 1. The highest BCUT2D eigenvalue weighted by atomic mass is 32.2. The van der Waals surface area contributed by atoms with E-state index in [1.54, 1.807) is 14.0 Å². The van der Waals surface area contributed by atoms with Gasteiger partial charge in [-0.05, 0) is 30.9 Å². The minimum Gasteiger partial charge on any atom is -0.358 e. The van der Waals surface area contributed by atoms with E-state index >= 15 is 0 Å². The standard InChI is InChI=1S/C18H25N3O4S/c1-18(7-8-26(24,25)12-18)20-16(22)11-21-10-14-6-4-3-5-13(14)9-15(21)17(23)19-2/h3-6,15H,7-12H2,1-2H3,(H,19,23)(H,20,22). The van der Waals surface area contributed by atoms with Crippen LogP contribution in [0, 0.1) is 0 Å². The van der Waals surface area contributed by atoms with Gasteiger partial charge in [0.25, 0.3) is 0 Å². The molecule has 1 fully saturated rings. The molecule has 0 aliphatic carbocycles. The predicted molar refractivity (Wildman–Crippen MR) is 98.2 cm³/mol. The maximum atomic E-state index is 12.6. The first-order valence-corrected chi connectivity index (χ1v) is 10.6. The maximum Gasteiger partial charge on any atom is 0.237 e. The van der Waals surface area contributed by atoms with E-state index in [4.69, 9.17) is 0 Å². The summed E-state index contributed by atoms with van der Waals surface area (Å²) in [7, 11) is -1.50. The van der Waals surface area contributed by atoms with Crippen molar-refractivity contribution in [2.45, 2.75) is 37.9 Å². The van der Waals surface area contributed by atoms with E-state index in [0.29, 0.717) is 19.4 Å². The molecule has 3 rings (SSSR count). The van der Waals surface area contributed by atoms with E-state index < -0.39 is 21.4 Å². The second-order valence-corrected chi connectivity index (χ2v) is 9.64. The summed E-state index contributed by atoms with van der Waals surface area (Å²) in [6, 6.07) is 7.49. The molecule has 0 bridgehead atoms. The third kappa shape index (κ3) is 4.07. The molecule has 2 atom stereocenters. The number of nitrogens with zero attached hydrogens (tertiary/aromatic N) is 1. The molecule has 2 aliphatic rings. The van der Waals surface area contributed by atoms with Crippen molar-refractivity contribution in [2.24, 2.45) is 0 Å². The van der Waals surface area contributed by atoms with Gasteiger partial charge in [0.05, 0.1) is 29.6 Å². The summed E-state index contributed by atoms with van der Waals surface area (Å²) >= 11 is 0. The van der Waals surface area contributed by atoms with Crippen LogP contribution in [0.5, 0.6) is 0 Å². The van der Waals surface area contributed by atoms with Gasteiger partial charge < -0.3 is 10.6 Å². The molecule has 0 aromatic heterocycles. The van der Waals surface area contributed by atoms with Crippen LogP contribution in [-0.4, -0.2) is 61.8 Å². The SMILES string of the molecule is CNC(=O)C1Cc2ccccc2CN1CC(=O)NC1(C)CCS(=O)(=O)C1. The van der Waals surface area contributed by atoms with E-state index in [-0.39, 0.29) is 29.9 Å². The molecule has 26 heavy (non-hydrogen) atoms. The molecule has 2 amide bonds. The smallest absolute Gasteiger partial charge is 0.237 e. The van der Waals surface area contributed by atoms with Gasteiger partial charge in [-0.2, -0.15) is 0 Å². The van der Waals surface area contributed by atoms with Crippen LogP contribution in [0.1, 0.15) is 24.5 Å². The average molecular weight is 379 g/mol. The van der Waals surface area contributed by atoms with E-state index in [2.05, 4.69) is 10.6 Å². The number of rotatable bonds is 4. The number of nitrogens with one attached hydrogen (secondary N) is 2. The Labute approximate surface area is 154 Å². The van der Waals surface area contributed by atoms with E-state index in [0.717, 1.165) is 11.1 Å². The average Bonchev–Trinajstić information content (AvgIpc) is 2.86. The first-order valence-electron chi connectivity index (χ1n) is 8.75. The van der Waals surface area contributed by atoms with Crippen molar-refractivity contribution in [3.8, 4) is 0 Å². The summed E-state index contributed by atoms with van der Waals surface area (Å²) in [4.78, 5) is 26.7. The van der Waals surface area contributed by atoms with Crippen molar-refractivity contribution < 1.29 is 18.0 Å². The summed E-state index contributed by atoms with van der Waals surface area (Å²) in [6.07, 6.45) is 0.970. The maximum absolute atomic E-state index is 12.6. The van der Waals surface area contributed by atoms with Crippen LogP contribution in [0.4, 0.5) is 0 Å². The molecule has 1 aromatic carbocycles. The van der Waals surface area contributed by atoms with E-state index in [1.807, 2.05) is 29.2 Å². The van der Waals surface area contributed by atoms with Crippen LogP contribution in [-0.2, 0) is 32.4 Å². The number of likely N-dealkylation sites (N-methyl/N-ethyl adjacent to an activating group) is 1. The number of hydrogen-bond donors (Lipinski definition) is 2. The topological polar surface area (TPSA) is 95.6 Å². The molecule has 2 N–H and O–H groups in total. The Morgan fingerprint density at radius 1 is 1.27 bits per heavy atom. The number of hydrogen-bond acceptors (Lipinski definition) is 5. The number of benzene rings is 1. The molecule has 7 nitrogen and oxygen atoms in total. The van der Waals surface area contributed by atoms with Crippen LogP contribution >= 0.6 is 0 Å². The van der Waals surface area contributed by atoms with Gasteiger partial charge in [-0.25, -0.2) is 8.42 Å². The van der Waals surface area contributed by atoms with E-state index in [9.17, 15) is 18.0 Å². The lowest BCUT2D eigenvalue weighted by Gasteiger charge is -2.36. The van der Waals surface area contributed by atoms with Gasteiger partial charge in [-0.15, -0.1) is 0 Å². The Bertz CT molecular complexity index is 823. The molecular formula is C18H25N3O4S. The van der Waals surface area contributed by atoms with Crippen LogP contribution in [0.2, 0.25) is 0 Å². The van der Waals surface area contributed by atoms with Crippen LogP contribution in [0.25, 0.3) is 0 Å². The molecule has 1 saturated heterocycles. The summed E-state index contributed by atoms with van der Waals surface area (Å²) in [5, 5.41) is 5.54. The molecule has 142 valence electrons. The minimum absolute atomic E-state index is 0.0343. The first kappa shape index (κ1) is 18.8. The largest absolute Gasteiger partial charge is 0.358 e. The Hall–Kier alpha value is -1.93. The zero-order valence-corrected chi connectivity index (χ0v) is 15.9. The molecule has 2 aliphatic heterocycles. The van der Waals surface area contributed by atoms with Crippen molar-refractivity contribution in [1.29, 1.82) is 0 Å². The summed E-state index contributed by atoms with van der Waals surface area (Å²) in [5.41, 5.74) is 1.49. The number of amides is 2. The zero-order chi connectivity index (χ0) is 18.9. The first-order chi connectivity index (χ1) is 12.2. The number of carbonyl (C=O) groups is 2. The Morgan fingerprint density at radius 2 is 1.96 bits per heavy atom. The molecule has 0 radical (unpaired) electrons. The van der Waals surface area contributed by atoms with Gasteiger partial charge in [0.1, 0.15) is 0 Å². The highest BCUT2D eigenvalue weighted by molar-refractivity contribution is 7.91. The zero-order valence-electron chi connectivity index (χ0n) is 15.1. The molecular weight excluding hydrogens is 354 g/mol. The van der Waals surface area contributed by atoms with Gasteiger partial charge in [0.2, 0.25) is 11.8 Å². The molecule has 2 heterocycles. The quantitative estimate of drug-likeness (QED) is 0.759. The van der Waals surface area contributed by atoms with Gasteiger partial charge in [-0.3, -0.25) is 14.5 Å². The van der Waals surface area contributed by atoms with Crippen molar-refractivity contribution in [1.82, 2.24) is 15.5 Å². The minimum atomic E-state index is -3.09. The third-order valence-corrected chi connectivity index (χ3v) is 7.09. The Balaban J connectivity index is 1.72. The fourth-order valence-corrected chi connectivity index (χ4v) is 5.93. The molecule has 0 saturated carbocycles. The van der Waals surface area contributed by atoms with Gasteiger partial charge in [0, 0.05) is 13.6 Å². The Morgan fingerprint density at radius 3 is 2.58 bits per heavy atom. The Kier molecular flexibility index (Phi) is 5.07. The van der Waals surface area contributed by atoms with Gasteiger partial charge in [0.15, 0.2) is 9.84 Å². The van der Waals surface area contributed by atoms with Gasteiger partial charge >= 0.3 is 0 Å². The summed E-state index contributed by atoms with van der Waals surface area (Å²) < 4.78 is 23.4. The fourth-order valence-electron chi connectivity index (χ4n) is 3.84. The molecule has 8 heteroatoms. The van der Waals surface area contributed by atoms with E-state index in [1.165, 1.54) is 0 Å². The van der Waals surface area contributed by atoms with Crippen molar-refractivity contribution in [2.75, 3.05) is 25.1 Å². The lowest BCUT2D eigenvalue weighted by molar-refractivity contribution is -0.129. The highest BCUT2D eigenvalue weighted by Gasteiger charge is 2.40. The molecule has 0 spiro atoms. The summed E-state index contributed by atoms with van der Waals surface area (Å²) in [6.45, 7) is 2.33. The fraction of sp³-hybridized carbons (Fsp3) is 0.556. The lowest BCUT2D eigenvalue weighted by atomic mass is 9.93. The van der Waals surface area contributed by atoms with Crippen molar-refractivity contribution >= 4 is 21.7 Å². The number of sulfone groups is 1. The van der Waals surface area contributed by atoms with Crippen LogP contribution in [0.15, 0.2) is 24.3 Å². The lowest BCUT2D eigenvalue weighted by Crippen LogP contribution is -2.55. The van der Waals surface area contributed by atoms with Gasteiger partial charge in [-0.1, -0.05) is 24.3 Å². The molecule has 2 unspecified atom stereocenters. The summed E-state index contributed by atoms with van der Waals surface area (Å²) in [5.74, 6) is -0.310. The normalized spacial score (nSPS) is 27.5. The second kappa shape index (κ2) is 7.00. The van der Waals surface area contributed by atoms with Crippen LogP contribution in [0.3, 0.4) is 0 Å². The van der Waals surface area contributed by atoms with Crippen molar-refractivity contribution in [3.63, 3.8) is 0 Å². The predicted octanol–water partition coefficient (Wildman–Crippen LogP) is -0.147. The van der Waals surface area contributed by atoms with Crippen molar-refractivity contribution in [3.05, 3.63) is 35.4 Å². The highest BCUT2D eigenvalue weighted by Crippen LogP contribution is 2.25. The molecule has 1 aromatic rings. The van der Waals surface area contributed by atoms with Crippen LogP contribution < -0.4 is 10.6 Å². The second-order valence-electron chi connectivity index (χ2n) is 7.46.